The van der Waals surface area contributed by atoms with E-state index < -0.39 is 33.7 Å². The minimum atomic E-state index is -4.76. The van der Waals surface area contributed by atoms with E-state index in [2.05, 4.69) is 13.8 Å². The van der Waals surface area contributed by atoms with Gasteiger partial charge in [0.2, 0.25) is 0 Å². The third-order valence-electron chi connectivity index (χ3n) is 5.00. The summed E-state index contributed by atoms with van der Waals surface area (Å²) in [4.78, 5) is 24.2. The first kappa shape index (κ1) is 38.9. The van der Waals surface area contributed by atoms with E-state index in [1.807, 2.05) is 13.8 Å². The molecule has 0 aromatic heterocycles. The number of hydrogen-bond acceptors (Lipinski definition) is 6. The molecule has 0 rings (SSSR count). The molecule has 0 amide bonds. The Labute approximate surface area is 227 Å². The van der Waals surface area contributed by atoms with E-state index in [-0.39, 0.29) is 84.4 Å². The summed E-state index contributed by atoms with van der Waals surface area (Å²) >= 11 is 0. The topological polar surface area (TPSA) is 107 Å². The number of carbonyl (C=O) groups excluding carboxylic acids is 2. The molecular formula is C20H43AlClNaO7S. The summed E-state index contributed by atoms with van der Waals surface area (Å²) in [6.07, 6.45) is 6.74. The number of unbranched alkanes of at least 4 members (excludes halogenated alkanes) is 2. The van der Waals surface area contributed by atoms with Gasteiger partial charge in [-0.15, -0.1) is 12.4 Å². The van der Waals surface area contributed by atoms with Crippen molar-refractivity contribution < 1.29 is 32.0 Å². The number of halogens is 1. The van der Waals surface area contributed by atoms with Gasteiger partial charge in [0.1, 0.15) is 0 Å². The molecule has 0 aromatic rings. The van der Waals surface area contributed by atoms with Crippen LogP contribution in [0.5, 0.6) is 0 Å². The van der Waals surface area contributed by atoms with Crippen LogP contribution >= 0.6 is 12.4 Å². The summed E-state index contributed by atoms with van der Waals surface area (Å²) in [6, 6.07) is 0. The van der Waals surface area contributed by atoms with Gasteiger partial charge in [-0.1, -0.05) is 66.2 Å². The van der Waals surface area contributed by atoms with Gasteiger partial charge in [0.05, 0.1) is 19.6 Å². The summed E-state index contributed by atoms with van der Waals surface area (Å²) in [5.41, 5.74) is 0. The fourth-order valence-corrected chi connectivity index (χ4v) is 3.48. The van der Waals surface area contributed by atoms with Gasteiger partial charge in [0.15, 0.2) is 22.6 Å². The molecule has 0 radical (unpaired) electrons. The monoisotopic (exact) mass is 512 g/mol. The fourth-order valence-electron chi connectivity index (χ4n) is 2.82. The van der Waals surface area contributed by atoms with E-state index in [1.54, 1.807) is 0 Å². The second-order valence-electron chi connectivity index (χ2n) is 7.35. The van der Waals surface area contributed by atoms with Crippen LogP contribution in [-0.4, -0.2) is 90.3 Å². The average molecular weight is 513 g/mol. The predicted octanol–water partition coefficient (Wildman–Crippen LogP) is 2.74. The third-order valence-corrected chi connectivity index (χ3v) is 6.08. The van der Waals surface area contributed by atoms with E-state index in [9.17, 15) is 22.6 Å². The molecule has 0 bridgehead atoms. The Kier molecular flexibility index (Phi) is 28.2. The van der Waals surface area contributed by atoms with Crippen LogP contribution in [0.15, 0.2) is 0 Å². The van der Waals surface area contributed by atoms with Crippen molar-refractivity contribution in [1.82, 2.24) is 0 Å². The van der Waals surface area contributed by atoms with Crippen molar-refractivity contribution in [3.05, 3.63) is 0 Å². The summed E-state index contributed by atoms with van der Waals surface area (Å²) in [6.45, 7) is 8.35. The molecule has 0 aliphatic rings. The van der Waals surface area contributed by atoms with Crippen LogP contribution in [0.25, 0.3) is 0 Å². The molecule has 3 unspecified atom stereocenters. The first-order chi connectivity index (χ1) is 13.2. The Morgan fingerprint density at radius 2 is 1.29 bits per heavy atom. The molecule has 0 aromatic carbocycles. The van der Waals surface area contributed by atoms with Crippen molar-refractivity contribution in [2.24, 2.45) is 11.8 Å². The van der Waals surface area contributed by atoms with Crippen molar-refractivity contribution in [2.45, 2.75) is 90.7 Å². The molecule has 0 aliphatic heterocycles. The van der Waals surface area contributed by atoms with E-state index in [4.69, 9.17) is 9.47 Å². The fraction of sp³-hybridized carbons (Fsp3) is 0.900. The van der Waals surface area contributed by atoms with Gasteiger partial charge in [-0.3, -0.25) is 14.1 Å². The zero-order valence-corrected chi connectivity index (χ0v) is 19.9. The Hall–Kier alpha value is 0.672. The molecule has 0 aliphatic carbocycles. The molecule has 0 heterocycles. The number of esters is 2. The molecular weight excluding hydrogens is 470 g/mol. The summed E-state index contributed by atoms with van der Waals surface area (Å²) in [5.74, 6) is -1.61. The molecule has 1 N–H and O–H groups in total. The SMILES string of the molecule is CCCCC(CC)COC(=O)CC(C(=O)OCC(CC)CCCC)S(=O)(=O)O.Cl.[AlH3].[NaH]. The van der Waals surface area contributed by atoms with Crippen molar-refractivity contribution >= 4 is 81.4 Å². The van der Waals surface area contributed by atoms with Gasteiger partial charge >= 0.3 is 41.5 Å². The maximum atomic E-state index is 12.2. The zero-order chi connectivity index (χ0) is 21.6. The van der Waals surface area contributed by atoms with Crippen molar-refractivity contribution in [3.8, 4) is 0 Å². The van der Waals surface area contributed by atoms with Crippen LogP contribution < -0.4 is 0 Å². The van der Waals surface area contributed by atoms with Gasteiger partial charge in [-0.2, -0.15) is 8.42 Å². The standard InChI is InChI=1S/C20H38O7S.Al.ClH.Na.4H/c1-5-9-11-16(7-3)14-26-19(21)13-18(28(23,24)25)20(22)27-15-17(8-4)12-10-6-2;;;;;;;/h16-18H,5-15H2,1-4H3,(H,23,24,25);;1H;;;;;. The van der Waals surface area contributed by atoms with E-state index in [0.717, 1.165) is 51.4 Å². The Morgan fingerprint density at radius 3 is 1.65 bits per heavy atom. The number of ether oxygens (including phenoxy) is 2. The molecule has 0 spiro atoms. The zero-order valence-electron chi connectivity index (χ0n) is 18.2. The van der Waals surface area contributed by atoms with Crippen LogP contribution in [0.4, 0.5) is 0 Å². The van der Waals surface area contributed by atoms with Gasteiger partial charge in [-0.05, 0) is 24.7 Å². The molecule has 31 heavy (non-hydrogen) atoms. The van der Waals surface area contributed by atoms with E-state index in [1.165, 1.54) is 0 Å². The van der Waals surface area contributed by atoms with Crippen molar-refractivity contribution in [1.29, 1.82) is 0 Å². The van der Waals surface area contributed by atoms with Gasteiger partial charge in [0, 0.05) is 0 Å². The number of carbonyl (C=O) groups is 2. The van der Waals surface area contributed by atoms with Crippen LogP contribution in [0.3, 0.4) is 0 Å². The summed E-state index contributed by atoms with van der Waals surface area (Å²) in [7, 11) is -4.76. The molecule has 0 saturated heterocycles. The van der Waals surface area contributed by atoms with Crippen molar-refractivity contribution in [2.75, 3.05) is 13.2 Å². The Morgan fingerprint density at radius 1 is 0.871 bits per heavy atom. The molecule has 0 fully saturated rings. The third kappa shape index (κ3) is 18.7. The second kappa shape index (κ2) is 22.5. The van der Waals surface area contributed by atoms with Gasteiger partial charge < -0.3 is 9.47 Å². The Bertz CT molecular complexity index is 564. The van der Waals surface area contributed by atoms with E-state index >= 15 is 0 Å². The molecule has 0 saturated carbocycles. The van der Waals surface area contributed by atoms with Crippen LogP contribution in [0.2, 0.25) is 0 Å². The molecule has 7 nitrogen and oxygen atoms in total. The molecule has 11 heteroatoms. The van der Waals surface area contributed by atoms with Crippen LogP contribution in [-0.2, 0) is 29.2 Å². The summed E-state index contributed by atoms with van der Waals surface area (Å²) < 4.78 is 42.8. The predicted molar refractivity (Wildman–Crippen MR) is 133 cm³/mol. The Balaban J connectivity index is -0.00000121. The number of hydrogen-bond donors (Lipinski definition) is 1. The number of rotatable bonds is 16. The minimum absolute atomic E-state index is 0. The van der Waals surface area contributed by atoms with E-state index in [0.29, 0.717) is 0 Å². The van der Waals surface area contributed by atoms with Crippen LogP contribution in [0, 0.1) is 11.8 Å². The molecule has 182 valence electrons. The quantitative estimate of drug-likeness (QED) is 0.192. The van der Waals surface area contributed by atoms with Crippen LogP contribution in [0.1, 0.15) is 85.5 Å². The average Bonchev–Trinajstić information content (AvgIpc) is 2.65. The molecule has 3 atom stereocenters. The summed E-state index contributed by atoms with van der Waals surface area (Å²) in [5, 5.41) is -1.95. The second-order valence-corrected chi connectivity index (χ2v) is 8.95. The van der Waals surface area contributed by atoms with Gasteiger partial charge in [0.25, 0.3) is 10.1 Å². The maximum absolute atomic E-state index is 12.2. The normalized spacial score (nSPS) is 13.5. The van der Waals surface area contributed by atoms with Crippen molar-refractivity contribution in [3.63, 3.8) is 0 Å². The first-order valence-electron chi connectivity index (χ1n) is 10.5. The van der Waals surface area contributed by atoms with Gasteiger partial charge in [-0.25, -0.2) is 0 Å². The first-order valence-corrected chi connectivity index (χ1v) is 12.0.